The van der Waals surface area contributed by atoms with Gasteiger partial charge in [-0.15, -0.1) is 0 Å². The van der Waals surface area contributed by atoms with E-state index in [9.17, 15) is 9.59 Å². The summed E-state index contributed by atoms with van der Waals surface area (Å²) in [5.41, 5.74) is 1.03. The number of halogens is 3. The van der Waals surface area contributed by atoms with Crippen molar-refractivity contribution in [1.29, 1.82) is 0 Å². The standard InChI is InChI=1S/C17H11BrCl2N2O2/c18-10-4-5-14-11(8-10)15(23)6-7-22(14)9-16(24)21-13-3-1-2-12(19)17(13)20/h1-8H,9H2,(H,21,24). The number of nitrogens with zero attached hydrogens (tertiary/aromatic N) is 1. The van der Waals surface area contributed by atoms with E-state index in [4.69, 9.17) is 23.2 Å². The fourth-order valence-electron chi connectivity index (χ4n) is 2.37. The number of pyridine rings is 1. The van der Waals surface area contributed by atoms with Crippen LogP contribution in [0.1, 0.15) is 0 Å². The second-order valence-corrected chi connectivity index (χ2v) is 6.82. The molecule has 24 heavy (non-hydrogen) atoms. The van der Waals surface area contributed by atoms with Crippen molar-refractivity contribution in [3.63, 3.8) is 0 Å². The third-order valence-electron chi connectivity index (χ3n) is 3.48. The number of amides is 1. The zero-order chi connectivity index (χ0) is 17.3. The third-order valence-corrected chi connectivity index (χ3v) is 4.79. The minimum atomic E-state index is -0.271. The zero-order valence-corrected chi connectivity index (χ0v) is 15.3. The Bertz CT molecular complexity index is 1000. The first-order chi connectivity index (χ1) is 11.5. The lowest BCUT2D eigenvalue weighted by Gasteiger charge is -2.12. The molecular weight excluding hydrogens is 415 g/mol. The summed E-state index contributed by atoms with van der Waals surface area (Å²) >= 11 is 15.4. The average Bonchev–Trinajstić information content (AvgIpc) is 2.55. The largest absolute Gasteiger partial charge is 0.338 e. The van der Waals surface area contributed by atoms with Gasteiger partial charge in [-0.3, -0.25) is 9.59 Å². The Balaban J connectivity index is 1.90. The molecule has 0 radical (unpaired) electrons. The minimum absolute atomic E-state index is 0.0429. The number of hydrogen-bond acceptors (Lipinski definition) is 2. The van der Waals surface area contributed by atoms with Gasteiger partial charge in [0.25, 0.3) is 0 Å². The first-order valence-electron chi connectivity index (χ1n) is 6.98. The normalized spacial score (nSPS) is 10.8. The molecule has 7 heteroatoms. The summed E-state index contributed by atoms with van der Waals surface area (Å²) in [6.07, 6.45) is 1.59. The van der Waals surface area contributed by atoms with Gasteiger partial charge in [-0.2, -0.15) is 0 Å². The molecule has 0 bridgehead atoms. The van der Waals surface area contributed by atoms with Crippen LogP contribution in [0.25, 0.3) is 10.9 Å². The minimum Gasteiger partial charge on any atom is -0.338 e. The number of aromatic nitrogens is 1. The molecule has 0 saturated carbocycles. The summed E-state index contributed by atoms with van der Waals surface area (Å²) < 4.78 is 2.51. The van der Waals surface area contributed by atoms with Crippen molar-refractivity contribution in [3.8, 4) is 0 Å². The van der Waals surface area contributed by atoms with Crippen LogP contribution in [0, 0.1) is 0 Å². The molecule has 0 aliphatic rings. The Morgan fingerprint density at radius 2 is 1.96 bits per heavy atom. The van der Waals surface area contributed by atoms with Gasteiger partial charge in [0, 0.05) is 22.1 Å². The molecule has 1 amide bonds. The van der Waals surface area contributed by atoms with E-state index >= 15 is 0 Å². The lowest BCUT2D eigenvalue weighted by molar-refractivity contribution is -0.116. The van der Waals surface area contributed by atoms with Gasteiger partial charge < -0.3 is 9.88 Å². The van der Waals surface area contributed by atoms with E-state index in [0.717, 1.165) is 4.47 Å². The van der Waals surface area contributed by atoms with Crippen LogP contribution in [0.5, 0.6) is 0 Å². The van der Waals surface area contributed by atoms with Crippen LogP contribution in [0.3, 0.4) is 0 Å². The van der Waals surface area contributed by atoms with Gasteiger partial charge in [0.15, 0.2) is 5.43 Å². The Morgan fingerprint density at radius 3 is 2.75 bits per heavy atom. The predicted octanol–water partition coefficient (Wildman–Crippen LogP) is 4.71. The lowest BCUT2D eigenvalue weighted by Crippen LogP contribution is -2.20. The van der Waals surface area contributed by atoms with Gasteiger partial charge in [-0.05, 0) is 30.3 Å². The summed E-state index contributed by atoms with van der Waals surface area (Å²) in [6.45, 7) is 0.0429. The van der Waals surface area contributed by atoms with Crippen LogP contribution in [0.4, 0.5) is 5.69 Å². The Kier molecular flexibility index (Phi) is 4.94. The summed E-state index contributed by atoms with van der Waals surface area (Å²) in [4.78, 5) is 24.3. The smallest absolute Gasteiger partial charge is 0.244 e. The van der Waals surface area contributed by atoms with Crippen LogP contribution in [0.2, 0.25) is 10.0 Å². The second-order valence-electron chi connectivity index (χ2n) is 5.12. The van der Waals surface area contributed by atoms with E-state index < -0.39 is 0 Å². The highest BCUT2D eigenvalue weighted by Crippen LogP contribution is 2.29. The number of carbonyl (C=O) groups excluding carboxylic acids is 1. The van der Waals surface area contributed by atoms with E-state index in [1.54, 1.807) is 41.1 Å². The highest BCUT2D eigenvalue weighted by molar-refractivity contribution is 9.10. The fraction of sp³-hybridized carbons (Fsp3) is 0.0588. The van der Waals surface area contributed by atoms with Crippen LogP contribution in [-0.2, 0) is 11.3 Å². The molecule has 0 atom stereocenters. The van der Waals surface area contributed by atoms with Crippen molar-refractivity contribution in [2.24, 2.45) is 0 Å². The van der Waals surface area contributed by atoms with E-state index in [0.29, 0.717) is 26.6 Å². The molecule has 1 N–H and O–H groups in total. The first-order valence-corrected chi connectivity index (χ1v) is 8.53. The Hall–Kier alpha value is -1.82. The third kappa shape index (κ3) is 3.48. The van der Waals surface area contributed by atoms with Crippen molar-refractivity contribution < 1.29 is 4.79 Å². The van der Waals surface area contributed by atoms with Crippen LogP contribution < -0.4 is 10.7 Å². The lowest BCUT2D eigenvalue weighted by atomic mass is 10.2. The average molecular weight is 426 g/mol. The summed E-state index contributed by atoms with van der Waals surface area (Å²) in [7, 11) is 0. The van der Waals surface area contributed by atoms with E-state index in [1.165, 1.54) is 6.07 Å². The molecule has 1 heterocycles. The molecule has 0 aliphatic carbocycles. The maximum absolute atomic E-state index is 12.3. The first kappa shape index (κ1) is 17.0. The quantitative estimate of drug-likeness (QED) is 0.660. The van der Waals surface area contributed by atoms with Crippen molar-refractivity contribution >= 4 is 61.6 Å². The molecule has 1 aromatic heterocycles. The molecule has 0 fully saturated rings. The molecule has 0 spiro atoms. The van der Waals surface area contributed by atoms with Crippen molar-refractivity contribution in [2.45, 2.75) is 6.54 Å². The van der Waals surface area contributed by atoms with Crippen molar-refractivity contribution in [1.82, 2.24) is 4.57 Å². The maximum atomic E-state index is 12.3. The predicted molar refractivity (Wildman–Crippen MR) is 101 cm³/mol. The van der Waals surface area contributed by atoms with Gasteiger partial charge >= 0.3 is 0 Å². The molecule has 4 nitrogen and oxygen atoms in total. The van der Waals surface area contributed by atoms with E-state index in [2.05, 4.69) is 21.2 Å². The molecule has 0 unspecified atom stereocenters. The van der Waals surface area contributed by atoms with Gasteiger partial charge in [-0.1, -0.05) is 45.2 Å². The van der Waals surface area contributed by atoms with Gasteiger partial charge in [0.05, 0.1) is 21.2 Å². The highest BCUT2D eigenvalue weighted by atomic mass is 79.9. The van der Waals surface area contributed by atoms with Gasteiger partial charge in [-0.25, -0.2) is 0 Å². The van der Waals surface area contributed by atoms with E-state index in [-0.39, 0.29) is 17.9 Å². The highest BCUT2D eigenvalue weighted by Gasteiger charge is 2.10. The van der Waals surface area contributed by atoms with E-state index in [1.807, 2.05) is 6.07 Å². The molecular formula is C17H11BrCl2N2O2. The Labute approximate surface area is 156 Å². The summed E-state index contributed by atoms with van der Waals surface area (Å²) in [6, 6.07) is 11.8. The molecule has 2 aromatic carbocycles. The number of hydrogen-bond donors (Lipinski definition) is 1. The van der Waals surface area contributed by atoms with Crippen molar-refractivity contribution in [2.75, 3.05) is 5.32 Å². The zero-order valence-electron chi connectivity index (χ0n) is 12.2. The second kappa shape index (κ2) is 6.97. The summed E-state index contributed by atoms with van der Waals surface area (Å²) in [5.74, 6) is -0.271. The van der Waals surface area contributed by atoms with Gasteiger partial charge in [0.2, 0.25) is 5.91 Å². The number of benzene rings is 2. The molecule has 122 valence electrons. The SMILES string of the molecule is O=C(Cn1ccc(=O)c2cc(Br)ccc21)Nc1cccc(Cl)c1Cl. The number of carbonyl (C=O) groups is 1. The van der Waals surface area contributed by atoms with Crippen LogP contribution in [0.15, 0.2) is 57.9 Å². The number of anilines is 1. The molecule has 0 aliphatic heterocycles. The van der Waals surface area contributed by atoms with Gasteiger partial charge in [0.1, 0.15) is 6.54 Å². The molecule has 3 rings (SSSR count). The van der Waals surface area contributed by atoms with Crippen LogP contribution >= 0.6 is 39.1 Å². The van der Waals surface area contributed by atoms with Crippen LogP contribution in [-0.4, -0.2) is 10.5 Å². The van der Waals surface area contributed by atoms with Crippen molar-refractivity contribution in [3.05, 3.63) is 73.4 Å². The molecule has 3 aromatic rings. The monoisotopic (exact) mass is 424 g/mol. The fourth-order valence-corrected chi connectivity index (χ4v) is 3.08. The molecule has 0 saturated heterocycles. The number of fused-ring (bicyclic) bond motifs is 1. The topological polar surface area (TPSA) is 51.1 Å². The maximum Gasteiger partial charge on any atom is 0.244 e. The number of rotatable bonds is 3. The summed E-state index contributed by atoms with van der Waals surface area (Å²) in [5, 5.41) is 3.93. The Morgan fingerprint density at radius 1 is 1.17 bits per heavy atom. The number of nitrogens with one attached hydrogen (secondary N) is 1.